The highest BCUT2D eigenvalue weighted by atomic mass is 32.2. The molecule has 0 spiro atoms. The second-order valence-electron chi connectivity index (χ2n) is 14.9. The fourth-order valence-electron chi connectivity index (χ4n) is 7.37. The van der Waals surface area contributed by atoms with Crippen LogP contribution in [0.15, 0.2) is 30.3 Å². The van der Waals surface area contributed by atoms with Gasteiger partial charge in [0.1, 0.15) is 6.04 Å². The highest BCUT2D eigenvalue weighted by Crippen LogP contribution is 2.32. The van der Waals surface area contributed by atoms with Crippen molar-refractivity contribution in [3.63, 3.8) is 0 Å². The van der Waals surface area contributed by atoms with Gasteiger partial charge in [-0.3, -0.25) is 24.1 Å². The number of likely N-dealkylation sites (tertiary alicyclic amines) is 1. The number of benzene rings is 1. The second kappa shape index (κ2) is 22.4. The van der Waals surface area contributed by atoms with E-state index in [1.54, 1.807) is 19.1 Å². The van der Waals surface area contributed by atoms with Crippen LogP contribution < -0.4 is 10.6 Å². The highest BCUT2D eigenvalue weighted by Gasteiger charge is 2.41. The number of nitrogens with zero attached hydrogens (tertiary/aromatic N) is 3. The number of amides is 4. The Bertz CT molecular complexity index is 1210. The number of rotatable bonds is 22. The van der Waals surface area contributed by atoms with Gasteiger partial charge in [-0.1, -0.05) is 78.3 Å². The summed E-state index contributed by atoms with van der Waals surface area (Å²) >= 11 is 1.54. The molecular formula is C39H67N5O6S. The van der Waals surface area contributed by atoms with Gasteiger partial charge in [-0.15, -0.1) is 0 Å². The van der Waals surface area contributed by atoms with E-state index in [2.05, 4.69) is 24.5 Å². The van der Waals surface area contributed by atoms with Crippen molar-refractivity contribution < 1.29 is 29.0 Å². The van der Waals surface area contributed by atoms with Crippen LogP contribution in [0.2, 0.25) is 0 Å². The van der Waals surface area contributed by atoms with Gasteiger partial charge in [0.2, 0.25) is 23.6 Å². The molecule has 7 unspecified atom stereocenters. The Morgan fingerprint density at radius 2 is 1.69 bits per heavy atom. The molecule has 0 saturated carbocycles. The molecule has 0 radical (unpaired) electrons. The van der Waals surface area contributed by atoms with Gasteiger partial charge in [-0.25, -0.2) is 0 Å². The van der Waals surface area contributed by atoms with Crippen molar-refractivity contribution in [3.05, 3.63) is 35.9 Å². The zero-order valence-electron chi connectivity index (χ0n) is 32.9. The van der Waals surface area contributed by atoms with E-state index in [-0.39, 0.29) is 78.2 Å². The van der Waals surface area contributed by atoms with Gasteiger partial charge in [-0.05, 0) is 56.7 Å². The van der Waals surface area contributed by atoms with Crippen molar-refractivity contribution in [1.29, 1.82) is 0 Å². The van der Waals surface area contributed by atoms with Crippen molar-refractivity contribution in [2.75, 3.05) is 53.7 Å². The van der Waals surface area contributed by atoms with Crippen molar-refractivity contribution >= 4 is 35.4 Å². The third-order valence-electron chi connectivity index (χ3n) is 10.2. The SMILES string of the molecule is CCC(C)C(C(CC(=O)N1CCCC1C(CC(=O)NCCc1ccccc1)SCCO)OC)N(C)C(=O)C(NC(=O)C(C(C)C)N(C)C)C(C)C. The molecule has 3 N–H and O–H groups in total. The number of aliphatic hydroxyl groups is 1. The molecule has 12 heteroatoms. The van der Waals surface area contributed by atoms with Crippen molar-refractivity contribution in [3.8, 4) is 0 Å². The Morgan fingerprint density at radius 3 is 2.24 bits per heavy atom. The summed E-state index contributed by atoms with van der Waals surface area (Å²) in [6, 6.07) is 8.32. The lowest BCUT2D eigenvalue weighted by Gasteiger charge is -2.41. The van der Waals surface area contributed by atoms with Crippen LogP contribution in [0.4, 0.5) is 0 Å². The van der Waals surface area contributed by atoms with Crippen molar-refractivity contribution in [1.82, 2.24) is 25.3 Å². The third-order valence-corrected chi connectivity index (χ3v) is 11.5. The number of carbonyl (C=O) groups is 4. The molecule has 1 saturated heterocycles. The number of ether oxygens (including phenoxy) is 1. The van der Waals surface area contributed by atoms with Crippen LogP contribution in [0.25, 0.3) is 0 Å². The molecule has 1 aliphatic heterocycles. The standard InChI is InChI=1S/C39H67N5O6S/c1-11-28(6)37(43(9)39(49)35(26(2)3)41-38(48)36(27(4)5)42(7)8)31(50-10)24-34(47)44-21-15-18-30(44)32(51-23-22-45)25-33(46)40-20-19-29-16-13-12-14-17-29/h12-14,16-17,26-28,30-32,35-37,45H,11,15,18-25H2,1-10H3,(H,40,46)(H,41,48). The zero-order valence-corrected chi connectivity index (χ0v) is 33.7. The average molecular weight is 734 g/mol. The first-order valence-electron chi connectivity index (χ1n) is 18.8. The van der Waals surface area contributed by atoms with E-state index in [1.807, 2.05) is 81.9 Å². The molecule has 0 bridgehead atoms. The fourth-order valence-corrected chi connectivity index (χ4v) is 8.55. The zero-order chi connectivity index (χ0) is 38.2. The summed E-state index contributed by atoms with van der Waals surface area (Å²) in [5.41, 5.74) is 1.15. The minimum atomic E-state index is -0.741. The average Bonchev–Trinajstić information content (AvgIpc) is 3.58. The van der Waals surface area contributed by atoms with E-state index >= 15 is 0 Å². The number of hydrogen-bond acceptors (Lipinski definition) is 8. The lowest BCUT2D eigenvalue weighted by Crippen LogP contribution is -2.59. The van der Waals surface area contributed by atoms with Crippen molar-refractivity contribution in [2.45, 2.75) is 116 Å². The van der Waals surface area contributed by atoms with E-state index in [0.29, 0.717) is 18.8 Å². The molecule has 1 heterocycles. The molecule has 0 aliphatic carbocycles. The number of thioether (sulfide) groups is 1. The quantitative estimate of drug-likeness (QED) is 0.164. The predicted molar refractivity (Wildman–Crippen MR) is 206 cm³/mol. The molecule has 51 heavy (non-hydrogen) atoms. The van der Waals surface area contributed by atoms with E-state index in [0.717, 1.165) is 31.2 Å². The molecule has 1 aromatic rings. The van der Waals surface area contributed by atoms with Crippen LogP contribution in [-0.2, 0) is 30.3 Å². The van der Waals surface area contributed by atoms with Crippen LogP contribution in [0.1, 0.15) is 79.2 Å². The highest BCUT2D eigenvalue weighted by molar-refractivity contribution is 8.00. The Hall–Kier alpha value is -2.67. The molecule has 11 nitrogen and oxygen atoms in total. The van der Waals surface area contributed by atoms with E-state index in [9.17, 15) is 24.3 Å². The number of nitrogens with one attached hydrogen (secondary N) is 2. The number of likely N-dealkylation sites (N-methyl/N-ethyl adjacent to an activating group) is 2. The van der Waals surface area contributed by atoms with Gasteiger partial charge in [0, 0.05) is 50.7 Å². The molecule has 0 aromatic heterocycles. The van der Waals surface area contributed by atoms with Crippen LogP contribution in [0, 0.1) is 17.8 Å². The lowest BCUT2D eigenvalue weighted by atomic mass is 9.89. The summed E-state index contributed by atoms with van der Waals surface area (Å²) in [6.45, 7) is 13.0. The van der Waals surface area contributed by atoms with Crippen LogP contribution in [0.5, 0.6) is 0 Å². The number of carbonyl (C=O) groups excluding carboxylic acids is 4. The monoisotopic (exact) mass is 733 g/mol. The number of aliphatic hydroxyl groups excluding tert-OH is 1. The van der Waals surface area contributed by atoms with Gasteiger partial charge in [0.25, 0.3) is 0 Å². The first-order valence-corrected chi connectivity index (χ1v) is 19.8. The second-order valence-corrected chi connectivity index (χ2v) is 16.3. The van der Waals surface area contributed by atoms with E-state index in [4.69, 9.17) is 4.74 Å². The Kier molecular flexibility index (Phi) is 19.5. The number of methoxy groups -OCH3 is 1. The summed E-state index contributed by atoms with van der Waals surface area (Å²) in [5, 5.41) is 15.6. The maximum absolute atomic E-state index is 14.2. The minimum Gasteiger partial charge on any atom is -0.396 e. The first kappa shape index (κ1) is 44.5. The Morgan fingerprint density at radius 1 is 1.02 bits per heavy atom. The smallest absolute Gasteiger partial charge is 0.245 e. The lowest BCUT2D eigenvalue weighted by molar-refractivity contribution is -0.146. The van der Waals surface area contributed by atoms with Gasteiger partial charge < -0.3 is 30.3 Å². The number of hydrogen-bond donors (Lipinski definition) is 3. The van der Waals surface area contributed by atoms with Crippen molar-refractivity contribution in [2.24, 2.45) is 17.8 Å². The van der Waals surface area contributed by atoms with Crippen LogP contribution in [0.3, 0.4) is 0 Å². The normalized spacial score (nSPS) is 18.3. The maximum atomic E-state index is 14.2. The van der Waals surface area contributed by atoms with Gasteiger partial charge in [0.05, 0.1) is 31.2 Å². The molecule has 2 rings (SSSR count). The van der Waals surface area contributed by atoms with E-state index < -0.39 is 18.2 Å². The summed E-state index contributed by atoms with van der Waals surface area (Å²) in [6.07, 6.45) is 2.85. The van der Waals surface area contributed by atoms with Crippen LogP contribution >= 0.6 is 11.8 Å². The molecule has 290 valence electrons. The summed E-state index contributed by atoms with van der Waals surface area (Å²) in [4.78, 5) is 60.3. The largest absolute Gasteiger partial charge is 0.396 e. The minimum absolute atomic E-state index is 0.00668. The molecular weight excluding hydrogens is 667 g/mol. The summed E-state index contributed by atoms with van der Waals surface area (Å²) < 4.78 is 6.03. The third kappa shape index (κ3) is 13.4. The Balaban J connectivity index is 2.22. The Labute approximate surface area is 312 Å². The van der Waals surface area contributed by atoms with Gasteiger partial charge in [-0.2, -0.15) is 11.8 Å². The molecule has 1 fully saturated rings. The molecule has 1 aromatic carbocycles. The predicted octanol–water partition coefficient (Wildman–Crippen LogP) is 3.83. The summed E-state index contributed by atoms with van der Waals surface area (Å²) in [5.74, 6) is -0.154. The molecule has 4 amide bonds. The van der Waals surface area contributed by atoms with Crippen LogP contribution in [-0.4, -0.2) is 133 Å². The van der Waals surface area contributed by atoms with Gasteiger partial charge in [0.15, 0.2) is 0 Å². The summed E-state index contributed by atoms with van der Waals surface area (Å²) in [7, 11) is 7.06. The fraction of sp³-hybridized carbons (Fsp3) is 0.744. The van der Waals surface area contributed by atoms with E-state index in [1.165, 1.54) is 11.8 Å². The topological polar surface area (TPSA) is 132 Å². The van der Waals surface area contributed by atoms with Gasteiger partial charge >= 0.3 is 0 Å². The molecule has 1 aliphatic rings. The maximum Gasteiger partial charge on any atom is 0.245 e. The first-order chi connectivity index (χ1) is 24.2. The molecule has 7 atom stereocenters.